The molecule has 1 fully saturated rings. The predicted octanol–water partition coefficient (Wildman–Crippen LogP) is -0.363. The van der Waals surface area contributed by atoms with E-state index in [1.165, 1.54) is 0 Å². The number of aliphatic carboxylic acids is 2. The van der Waals surface area contributed by atoms with Crippen molar-refractivity contribution in [2.24, 2.45) is 0 Å². The fraction of sp³-hybridized carbons (Fsp3) is 0.778. The second-order valence-electron chi connectivity index (χ2n) is 3.43. The number of carboxylic acid groups (broad SMARTS) is 2. The monoisotopic (exact) mass is 217 g/mol. The lowest BCUT2D eigenvalue weighted by atomic mass is 10.1. The second kappa shape index (κ2) is 5.67. The molecule has 1 atom stereocenters. The Morgan fingerprint density at radius 3 is 2.33 bits per heavy atom. The molecule has 0 aromatic carbocycles. The van der Waals surface area contributed by atoms with E-state index in [0.29, 0.717) is 26.3 Å². The van der Waals surface area contributed by atoms with Gasteiger partial charge in [0.15, 0.2) is 0 Å². The van der Waals surface area contributed by atoms with Crippen LogP contribution in [0.2, 0.25) is 0 Å². The van der Waals surface area contributed by atoms with E-state index < -0.39 is 18.0 Å². The van der Waals surface area contributed by atoms with Gasteiger partial charge in [-0.3, -0.25) is 14.5 Å². The van der Waals surface area contributed by atoms with Gasteiger partial charge in [0.05, 0.1) is 13.2 Å². The average Bonchev–Trinajstić information content (AvgIpc) is 2.18. The third-order valence-corrected chi connectivity index (χ3v) is 2.40. The quantitative estimate of drug-likeness (QED) is 0.653. The van der Waals surface area contributed by atoms with Gasteiger partial charge < -0.3 is 14.9 Å². The molecule has 86 valence electrons. The van der Waals surface area contributed by atoms with Crippen LogP contribution in [0.3, 0.4) is 0 Å². The number of nitrogens with zero attached hydrogens (tertiary/aromatic N) is 1. The highest BCUT2D eigenvalue weighted by Gasteiger charge is 2.27. The molecule has 15 heavy (non-hydrogen) atoms. The first-order valence-electron chi connectivity index (χ1n) is 4.87. The van der Waals surface area contributed by atoms with Crippen LogP contribution in [0.4, 0.5) is 0 Å². The maximum absolute atomic E-state index is 10.9. The molecule has 2 N–H and O–H groups in total. The Morgan fingerprint density at radius 1 is 1.27 bits per heavy atom. The molecule has 1 heterocycles. The maximum atomic E-state index is 10.9. The van der Waals surface area contributed by atoms with Gasteiger partial charge in [-0.05, 0) is 6.42 Å². The molecular formula is C9H15NO5. The minimum absolute atomic E-state index is 0.117. The van der Waals surface area contributed by atoms with Crippen LogP contribution in [0.25, 0.3) is 0 Å². The van der Waals surface area contributed by atoms with Crippen LogP contribution in [0.1, 0.15) is 12.8 Å². The molecule has 1 unspecified atom stereocenters. The van der Waals surface area contributed by atoms with Crippen LogP contribution in [-0.4, -0.2) is 59.4 Å². The molecule has 0 bridgehead atoms. The molecule has 1 aliphatic rings. The van der Waals surface area contributed by atoms with Crippen molar-refractivity contribution in [3.05, 3.63) is 0 Å². The summed E-state index contributed by atoms with van der Waals surface area (Å²) < 4.78 is 5.10. The Balaban J connectivity index is 2.48. The van der Waals surface area contributed by atoms with Crippen molar-refractivity contribution in [1.29, 1.82) is 0 Å². The fourth-order valence-electron chi connectivity index (χ4n) is 1.61. The van der Waals surface area contributed by atoms with E-state index in [0.717, 1.165) is 0 Å². The van der Waals surface area contributed by atoms with Gasteiger partial charge in [0.1, 0.15) is 6.04 Å². The average molecular weight is 217 g/mol. The maximum Gasteiger partial charge on any atom is 0.320 e. The Labute approximate surface area is 87.4 Å². The molecule has 0 aromatic rings. The lowest BCUT2D eigenvalue weighted by Gasteiger charge is -2.31. The number of carbonyl (C=O) groups is 2. The van der Waals surface area contributed by atoms with E-state index >= 15 is 0 Å². The first-order chi connectivity index (χ1) is 7.11. The molecule has 1 rings (SSSR count). The van der Waals surface area contributed by atoms with Gasteiger partial charge in [-0.2, -0.15) is 0 Å². The van der Waals surface area contributed by atoms with Gasteiger partial charge in [0.25, 0.3) is 0 Å². The van der Waals surface area contributed by atoms with Crippen LogP contribution >= 0.6 is 0 Å². The summed E-state index contributed by atoms with van der Waals surface area (Å²) in [6.07, 6.45) is 0.0268. The fourth-order valence-corrected chi connectivity index (χ4v) is 1.61. The predicted molar refractivity (Wildman–Crippen MR) is 50.7 cm³/mol. The van der Waals surface area contributed by atoms with Crippen molar-refractivity contribution < 1.29 is 24.5 Å². The van der Waals surface area contributed by atoms with Gasteiger partial charge >= 0.3 is 11.9 Å². The van der Waals surface area contributed by atoms with Crippen molar-refractivity contribution in [2.75, 3.05) is 26.3 Å². The molecule has 6 nitrogen and oxygen atoms in total. The lowest BCUT2D eigenvalue weighted by Crippen LogP contribution is -2.47. The first kappa shape index (κ1) is 11.9. The Bertz CT molecular complexity index is 237. The molecule has 0 saturated carbocycles. The molecule has 1 aliphatic heterocycles. The zero-order valence-electron chi connectivity index (χ0n) is 8.39. The van der Waals surface area contributed by atoms with Crippen molar-refractivity contribution in [3.63, 3.8) is 0 Å². The number of morpholine rings is 1. The summed E-state index contributed by atoms with van der Waals surface area (Å²) >= 11 is 0. The number of carboxylic acids is 2. The largest absolute Gasteiger partial charge is 0.481 e. The van der Waals surface area contributed by atoms with Gasteiger partial charge in [0, 0.05) is 19.5 Å². The summed E-state index contributed by atoms with van der Waals surface area (Å²) in [5.74, 6) is -1.92. The van der Waals surface area contributed by atoms with Gasteiger partial charge in [0.2, 0.25) is 0 Å². The van der Waals surface area contributed by atoms with E-state index in [1.54, 1.807) is 4.90 Å². The molecule has 0 radical (unpaired) electrons. The molecule has 6 heteroatoms. The van der Waals surface area contributed by atoms with E-state index in [2.05, 4.69) is 0 Å². The zero-order chi connectivity index (χ0) is 11.3. The van der Waals surface area contributed by atoms with Crippen LogP contribution in [-0.2, 0) is 14.3 Å². The summed E-state index contributed by atoms with van der Waals surface area (Å²) in [5, 5.41) is 17.5. The Kier molecular flexibility index (Phi) is 4.51. The van der Waals surface area contributed by atoms with Crippen LogP contribution < -0.4 is 0 Å². The summed E-state index contributed by atoms with van der Waals surface area (Å²) in [7, 11) is 0. The number of hydrogen-bond donors (Lipinski definition) is 2. The molecule has 0 aromatic heterocycles. The van der Waals surface area contributed by atoms with Gasteiger partial charge in [-0.15, -0.1) is 0 Å². The lowest BCUT2D eigenvalue weighted by molar-refractivity contribution is -0.146. The number of rotatable bonds is 5. The highest BCUT2D eigenvalue weighted by atomic mass is 16.5. The third-order valence-electron chi connectivity index (χ3n) is 2.40. The van der Waals surface area contributed by atoms with Gasteiger partial charge in [-0.25, -0.2) is 0 Å². The Hall–Kier alpha value is -1.14. The molecule has 0 aliphatic carbocycles. The second-order valence-corrected chi connectivity index (χ2v) is 3.43. The summed E-state index contributed by atoms with van der Waals surface area (Å²) in [4.78, 5) is 23.1. The minimum Gasteiger partial charge on any atom is -0.481 e. The van der Waals surface area contributed by atoms with Crippen LogP contribution in [0.15, 0.2) is 0 Å². The first-order valence-corrected chi connectivity index (χ1v) is 4.87. The third kappa shape index (κ3) is 3.85. The van der Waals surface area contributed by atoms with Crippen molar-refractivity contribution in [2.45, 2.75) is 18.9 Å². The Morgan fingerprint density at radius 2 is 1.87 bits per heavy atom. The standard InChI is InChI=1S/C9H15NO5/c11-8(12)2-1-7(9(13)14)10-3-5-15-6-4-10/h7H,1-6H2,(H,11,12)(H,13,14). The van der Waals surface area contributed by atoms with Crippen LogP contribution in [0.5, 0.6) is 0 Å². The molecule has 0 amide bonds. The van der Waals surface area contributed by atoms with Crippen LogP contribution in [0, 0.1) is 0 Å². The smallest absolute Gasteiger partial charge is 0.320 e. The highest BCUT2D eigenvalue weighted by Crippen LogP contribution is 2.10. The summed E-state index contributed by atoms with van der Waals surface area (Å²) in [6, 6.07) is -0.704. The van der Waals surface area contributed by atoms with Crippen molar-refractivity contribution >= 4 is 11.9 Å². The van der Waals surface area contributed by atoms with E-state index in [9.17, 15) is 9.59 Å². The topological polar surface area (TPSA) is 87.1 Å². The zero-order valence-corrected chi connectivity index (χ0v) is 8.39. The SMILES string of the molecule is O=C(O)CCC(C(=O)O)N1CCOCC1. The van der Waals surface area contributed by atoms with Crippen molar-refractivity contribution in [1.82, 2.24) is 4.90 Å². The van der Waals surface area contributed by atoms with Gasteiger partial charge in [-0.1, -0.05) is 0 Å². The van der Waals surface area contributed by atoms with E-state index in [-0.39, 0.29) is 12.8 Å². The highest BCUT2D eigenvalue weighted by molar-refractivity contribution is 5.75. The summed E-state index contributed by atoms with van der Waals surface area (Å²) in [6.45, 7) is 2.13. The molecule has 0 spiro atoms. The van der Waals surface area contributed by atoms with E-state index in [4.69, 9.17) is 14.9 Å². The summed E-state index contributed by atoms with van der Waals surface area (Å²) in [5.41, 5.74) is 0. The molecular weight excluding hydrogens is 202 g/mol. The molecule has 1 saturated heterocycles. The minimum atomic E-state index is -0.963. The number of hydrogen-bond acceptors (Lipinski definition) is 4. The number of ether oxygens (including phenoxy) is 1. The van der Waals surface area contributed by atoms with Crippen molar-refractivity contribution in [3.8, 4) is 0 Å². The van der Waals surface area contributed by atoms with E-state index in [1.807, 2.05) is 0 Å². The normalized spacial score (nSPS) is 19.7.